The van der Waals surface area contributed by atoms with Crippen LogP contribution in [0.5, 0.6) is 0 Å². The van der Waals surface area contributed by atoms with Crippen molar-refractivity contribution >= 4 is 11.9 Å². The third kappa shape index (κ3) is 1.56. The highest BCUT2D eigenvalue weighted by molar-refractivity contribution is 5.93. The van der Waals surface area contributed by atoms with E-state index >= 15 is 0 Å². The number of likely N-dealkylation sites (tertiary alicyclic amines) is 1. The number of halogens is 2. The molecular formula is C10H12F2NO3-. The van der Waals surface area contributed by atoms with Crippen LogP contribution >= 0.6 is 0 Å². The fraction of sp³-hybridized carbons (Fsp3) is 0.800. The van der Waals surface area contributed by atoms with E-state index in [1.807, 2.05) is 0 Å². The summed E-state index contributed by atoms with van der Waals surface area (Å²) in [5, 5.41) is 10.5. The predicted octanol–water partition coefficient (Wildman–Crippen LogP) is 0.410. The number of amides is 1. The Kier molecular flexibility index (Phi) is 2.40. The minimum Gasteiger partial charge on any atom is -0.530 e. The molecule has 1 aliphatic heterocycles. The van der Waals surface area contributed by atoms with E-state index in [1.54, 1.807) is 0 Å². The molecule has 0 aromatic rings. The number of piperidine rings is 1. The van der Waals surface area contributed by atoms with Crippen molar-refractivity contribution in [3.63, 3.8) is 0 Å². The predicted molar refractivity (Wildman–Crippen MR) is 47.8 cm³/mol. The largest absolute Gasteiger partial charge is 0.530 e. The summed E-state index contributed by atoms with van der Waals surface area (Å²) in [6.45, 7) is 0.230. The van der Waals surface area contributed by atoms with Gasteiger partial charge in [-0.05, 0) is 19.3 Å². The average molecular weight is 232 g/mol. The molecule has 0 radical (unpaired) electrons. The number of carbonyl (C=O) groups is 2. The molecule has 1 heterocycles. The Morgan fingerprint density at radius 1 is 1.19 bits per heavy atom. The lowest BCUT2D eigenvalue weighted by molar-refractivity contribution is -0.267. The summed E-state index contributed by atoms with van der Waals surface area (Å²) in [5.41, 5.74) is -0.991. The first-order valence-corrected chi connectivity index (χ1v) is 5.26. The van der Waals surface area contributed by atoms with Crippen LogP contribution in [0.15, 0.2) is 0 Å². The van der Waals surface area contributed by atoms with Gasteiger partial charge in [0.15, 0.2) is 0 Å². The zero-order valence-electron chi connectivity index (χ0n) is 8.67. The second-order valence-corrected chi connectivity index (χ2v) is 4.57. The van der Waals surface area contributed by atoms with Gasteiger partial charge in [-0.25, -0.2) is 0 Å². The summed E-state index contributed by atoms with van der Waals surface area (Å²) in [5.74, 6) is -4.22. The van der Waals surface area contributed by atoms with Gasteiger partial charge in [0.1, 0.15) is 6.09 Å². The molecule has 1 saturated heterocycles. The minimum atomic E-state index is -3.22. The number of hydrogen-bond acceptors (Lipinski definition) is 3. The summed E-state index contributed by atoms with van der Waals surface area (Å²) in [4.78, 5) is 23.2. The standard InChI is InChI=1S/C10H13F2NO3/c11-10(12)2-1-9(7(10)14)3-5-13(6-4-9)8(15)16/h1-6H2,(H,15,16)/p-1. The Balaban J connectivity index is 2.09. The molecule has 1 spiro atoms. The monoisotopic (exact) mass is 232 g/mol. The van der Waals surface area contributed by atoms with Crippen LogP contribution in [0.4, 0.5) is 13.6 Å². The lowest BCUT2D eigenvalue weighted by Crippen LogP contribution is -2.50. The van der Waals surface area contributed by atoms with Crippen molar-refractivity contribution in [1.82, 2.24) is 4.90 Å². The van der Waals surface area contributed by atoms with Crippen LogP contribution in [0, 0.1) is 5.41 Å². The van der Waals surface area contributed by atoms with Crippen LogP contribution in [0.2, 0.25) is 0 Å². The van der Waals surface area contributed by atoms with E-state index in [4.69, 9.17) is 0 Å². The van der Waals surface area contributed by atoms with Crippen LogP contribution in [0.1, 0.15) is 25.7 Å². The van der Waals surface area contributed by atoms with Gasteiger partial charge >= 0.3 is 5.92 Å². The highest BCUT2D eigenvalue weighted by atomic mass is 19.3. The molecule has 2 rings (SSSR count). The van der Waals surface area contributed by atoms with Gasteiger partial charge in [0, 0.05) is 24.9 Å². The Morgan fingerprint density at radius 3 is 2.12 bits per heavy atom. The van der Waals surface area contributed by atoms with Gasteiger partial charge in [0.05, 0.1) is 0 Å². The number of Topliss-reactive ketones (excluding diaryl/α,β-unsaturated/α-hetero) is 1. The van der Waals surface area contributed by atoms with Gasteiger partial charge in [-0.1, -0.05) is 0 Å². The smallest absolute Gasteiger partial charge is 0.305 e. The van der Waals surface area contributed by atoms with E-state index < -0.39 is 29.6 Å². The summed E-state index contributed by atoms with van der Waals surface area (Å²) in [6, 6.07) is 0. The van der Waals surface area contributed by atoms with Gasteiger partial charge in [-0.2, -0.15) is 8.78 Å². The zero-order chi connectivity index (χ0) is 12.0. The molecule has 0 aromatic carbocycles. The summed E-state index contributed by atoms with van der Waals surface area (Å²) < 4.78 is 26.3. The molecule has 16 heavy (non-hydrogen) atoms. The Hall–Kier alpha value is -1.20. The molecule has 1 amide bonds. The van der Waals surface area contributed by atoms with E-state index in [0.717, 1.165) is 4.90 Å². The number of carboxylic acid groups (broad SMARTS) is 1. The maximum Gasteiger partial charge on any atom is 0.305 e. The normalized spacial score (nSPS) is 27.4. The zero-order valence-corrected chi connectivity index (χ0v) is 8.67. The molecule has 4 nitrogen and oxygen atoms in total. The van der Waals surface area contributed by atoms with Gasteiger partial charge < -0.3 is 14.8 Å². The number of nitrogens with zero attached hydrogens (tertiary/aromatic N) is 1. The average Bonchev–Trinajstić information content (AvgIpc) is 2.45. The van der Waals surface area contributed by atoms with Crippen LogP contribution < -0.4 is 5.11 Å². The summed E-state index contributed by atoms with van der Waals surface area (Å²) in [7, 11) is 0. The highest BCUT2D eigenvalue weighted by Crippen LogP contribution is 2.49. The van der Waals surface area contributed by atoms with E-state index in [1.165, 1.54) is 0 Å². The van der Waals surface area contributed by atoms with E-state index in [2.05, 4.69) is 0 Å². The molecule has 0 bridgehead atoms. The lowest BCUT2D eigenvalue weighted by atomic mass is 9.76. The second-order valence-electron chi connectivity index (χ2n) is 4.57. The molecule has 90 valence electrons. The number of ketones is 1. The fourth-order valence-electron chi connectivity index (χ4n) is 2.61. The number of rotatable bonds is 0. The molecule has 2 aliphatic rings. The molecule has 0 atom stereocenters. The highest BCUT2D eigenvalue weighted by Gasteiger charge is 2.58. The lowest BCUT2D eigenvalue weighted by Gasteiger charge is -2.39. The van der Waals surface area contributed by atoms with E-state index in [-0.39, 0.29) is 32.4 Å². The number of hydrogen-bond donors (Lipinski definition) is 0. The molecule has 1 aliphatic carbocycles. The van der Waals surface area contributed by atoms with E-state index in [9.17, 15) is 23.5 Å². The molecule has 1 saturated carbocycles. The van der Waals surface area contributed by atoms with Crippen LogP contribution in [-0.2, 0) is 4.79 Å². The SMILES string of the molecule is O=C([O-])N1CCC2(CC1)CCC(F)(F)C2=O. The van der Waals surface area contributed by atoms with Crippen molar-refractivity contribution in [2.24, 2.45) is 5.41 Å². The topological polar surface area (TPSA) is 60.4 Å². The molecule has 6 heteroatoms. The van der Waals surface area contributed by atoms with Crippen molar-refractivity contribution in [1.29, 1.82) is 0 Å². The Morgan fingerprint density at radius 2 is 1.75 bits per heavy atom. The van der Waals surface area contributed by atoms with Crippen molar-refractivity contribution in [2.45, 2.75) is 31.6 Å². The van der Waals surface area contributed by atoms with Crippen LogP contribution in [0.25, 0.3) is 0 Å². The van der Waals surface area contributed by atoms with Crippen molar-refractivity contribution in [3.8, 4) is 0 Å². The molecule has 2 fully saturated rings. The Bertz CT molecular complexity index is 335. The second kappa shape index (κ2) is 3.40. The molecular weight excluding hydrogens is 220 g/mol. The fourth-order valence-corrected chi connectivity index (χ4v) is 2.61. The minimum absolute atomic E-state index is 0.115. The number of carbonyl (C=O) groups excluding carboxylic acids is 2. The summed E-state index contributed by atoms with van der Waals surface area (Å²) >= 11 is 0. The maximum atomic E-state index is 13.1. The van der Waals surface area contributed by atoms with Gasteiger partial charge in [-0.3, -0.25) is 4.79 Å². The first-order valence-electron chi connectivity index (χ1n) is 5.26. The third-order valence-corrected chi connectivity index (χ3v) is 3.71. The summed E-state index contributed by atoms with van der Waals surface area (Å²) in [6.07, 6.45) is -1.16. The van der Waals surface area contributed by atoms with Gasteiger partial charge in [-0.15, -0.1) is 0 Å². The quantitative estimate of drug-likeness (QED) is 0.607. The van der Waals surface area contributed by atoms with Crippen LogP contribution in [-0.4, -0.2) is 35.8 Å². The first kappa shape index (κ1) is 11.3. The maximum absolute atomic E-state index is 13.1. The van der Waals surface area contributed by atoms with Crippen LogP contribution in [0.3, 0.4) is 0 Å². The van der Waals surface area contributed by atoms with Gasteiger partial charge in [0.2, 0.25) is 5.78 Å². The van der Waals surface area contributed by atoms with Crippen molar-refractivity contribution < 1.29 is 23.5 Å². The third-order valence-electron chi connectivity index (χ3n) is 3.71. The molecule has 0 N–H and O–H groups in total. The molecule has 0 aromatic heterocycles. The Labute approximate surface area is 91.2 Å². The number of alkyl halides is 2. The van der Waals surface area contributed by atoms with Crippen molar-refractivity contribution in [3.05, 3.63) is 0 Å². The first-order chi connectivity index (χ1) is 7.37. The van der Waals surface area contributed by atoms with Gasteiger partial charge in [0.25, 0.3) is 0 Å². The van der Waals surface area contributed by atoms with Crippen molar-refractivity contribution in [2.75, 3.05) is 13.1 Å². The molecule has 0 unspecified atom stereocenters. The van der Waals surface area contributed by atoms with E-state index in [0.29, 0.717) is 0 Å².